The molecular weight excluding hydrogens is 330 g/mol. The molecule has 0 unspecified atom stereocenters. The van der Waals surface area contributed by atoms with E-state index >= 15 is 0 Å². The Kier molecular flexibility index (Phi) is 3.31. The average molecular weight is 344 g/mol. The molecule has 0 saturated carbocycles. The van der Waals surface area contributed by atoms with Crippen molar-refractivity contribution in [3.63, 3.8) is 0 Å². The molecule has 0 spiro atoms. The maximum atomic E-state index is 12.5. The molecule has 0 atom stereocenters. The molecule has 3 aromatic heterocycles. The van der Waals surface area contributed by atoms with Crippen molar-refractivity contribution in [2.75, 3.05) is 7.11 Å². The number of fused-ring (bicyclic) bond motifs is 2. The zero-order chi connectivity index (χ0) is 16.8. The van der Waals surface area contributed by atoms with Crippen molar-refractivity contribution < 1.29 is 4.74 Å². The number of ether oxygens (including phenoxy) is 1. The van der Waals surface area contributed by atoms with Gasteiger partial charge >= 0.3 is 0 Å². The van der Waals surface area contributed by atoms with Gasteiger partial charge in [-0.3, -0.25) is 9.48 Å². The zero-order valence-electron chi connectivity index (χ0n) is 13.1. The normalized spacial score (nSPS) is 11.5. The molecule has 4 rings (SSSR count). The van der Waals surface area contributed by atoms with Gasteiger partial charge in [-0.15, -0.1) is 0 Å². The fourth-order valence-corrected chi connectivity index (χ4v) is 3.00. The molecule has 0 aliphatic carbocycles. The van der Waals surface area contributed by atoms with Crippen LogP contribution in [0.3, 0.4) is 0 Å². The maximum absolute atomic E-state index is 12.5. The minimum Gasteiger partial charge on any atom is -0.497 e. The van der Waals surface area contributed by atoms with E-state index in [1.54, 1.807) is 18.0 Å². The molecule has 1 aromatic carbocycles. The third-order valence-corrected chi connectivity index (χ3v) is 4.28. The molecule has 0 aliphatic heterocycles. The minimum atomic E-state index is -0.311. The topological polar surface area (TPSA) is 88.6 Å². The van der Waals surface area contributed by atoms with E-state index in [4.69, 9.17) is 16.3 Å². The van der Waals surface area contributed by atoms with Crippen LogP contribution in [-0.2, 0) is 6.54 Å². The lowest BCUT2D eigenvalue weighted by Crippen LogP contribution is -2.10. The van der Waals surface area contributed by atoms with Crippen LogP contribution in [0.1, 0.15) is 6.92 Å². The van der Waals surface area contributed by atoms with E-state index < -0.39 is 0 Å². The summed E-state index contributed by atoms with van der Waals surface area (Å²) in [5.41, 5.74) is 2.61. The standard InChI is InChI=1S/C16H14ClN5O2/c1-3-22-7-11-14(21-22)13(17)12(16(23)20-11)15-18-9-5-4-8(24-2)6-10(9)19-15/h4-7H,3H2,1-2H3,(H,18,19)(H,20,23). The summed E-state index contributed by atoms with van der Waals surface area (Å²) in [6.45, 7) is 2.65. The summed E-state index contributed by atoms with van der Waals surface area (Å²) in [5, 5.41) is 4.68. The van der Waals surface area contributed by atoms with Gasteiger partial charge in [0.25, 0.3) is 5.56 Å². The van der Waals surface area contributed by atoms with Crippen molar-refractivity contribution in [2.24, 2.45) is 0 Å². The summed E-state index contributed by atoms with van der Waals surface area (Å²) in [7, 11) is 1.60. The monoisotopic (exact) mass is 343 g/mol. The molecular formula is C16H14ClN5O2. The SMILES string of the molecule is CCn1cc2[nH]c(=O)c(-c3nc4ccc(OC)cc4[nH]3)c(Cl)c2n1. The molecule has 0 aliphatic rings. The highest BCUT2D eigenvalue weighted by molar-refractivity contribution is 6.37. The van der Waals surface area contributed by atoms with Gasteiger partial charge in [-0.25, -0.2) is 4.98 Å². The van der Waals surface area contributed by atoms with E-state index in [-0.39, 0.29) is 16.1 Å². The number of pyridine rings is 1. The molecule has 0 fully saturated rings. The van der Waals surface area contributed by atoms with Crippen LogP contribution >= 0.6 is 11.6 Å². The van der Waals surface area contributed by atoms with Crippen molar-refractivity contribution in [2.45, 2.75) is 13.5 Å². The van der Waals surface area contributed by atoms with E-state index in [9.17, 15) is 4.79 Å². The molecule has 2 N–H and O–H groups in total. The van der Waals surface area contributed by atoms with E-state index in [1.807, 2.05) is 25.1 Å². The molecule has 24 heavy (non-hydrogen) atoms. The number of imidazole rings is 1. The number of nitrogens with zero attached hydrogens (tertiary/aromatic N) is 3. The second-order valence-corrected chi connectivity index (χ2v) is 5.74. The predicted octanol–water partition coefficient (Wildman–Crippen LogP) is 2.95. The van der Waals surface area contributed by atoms with Crippen molar-refractivity contribution in [1.82, 2.24) is 24.7 Å². The van der Waals surface area contributed by atoms with E-state index in [2.05, 4.69) is 20.1 Å². The van der Waals surface area contributed by atoms with Gasteiger partial charge in [0.05, 0.1) is 28.7 Å². The van der Waals surface area contributed by atoms with Crippen LogP contribution in [0.25, 0.3) is 33.5 Å². The van der Waals surface area contributed by atoms with Gasteiger partial charge in [-0.1, -0.05) is 11.6 Å². The van der Waals surface area contributed by atoms with Crippen molar-refractivity contribution in [3.05, 3.63) is 39.8 Å². The number of aromatic nitrogens is 5. The molecule has 0 radical (unpaired) electrons. The van der Waals surface area contributed by atoms with Gasteiger partial charge in [0.1, 0.15) is 22.7 Å². The van der Waals surface area contributed by atoms with Crippen molar-refractivity contribution >= 4 is 33.7 Å². The highest BCUT2D eigenvalue weighted by atomic mass is 35.5. The Morgan fingerprint density at radius 2 is 2.12 bits per heavy atom. The first kappa shape index (κ1) is 14.8. The number of H-pyrrole nitrogens is 2. The summed E-state index contributed by atoms with van der Waals surface area (Å²) < 4.78 is 6.92. The summed E-state index contributed by atoms with van der Waals surface area (Å²) in [6.07, 6.45) is 1.76. The Labute approximate surface area is 141 Å². The second kappa shape index (κ2) is 5.38. The predicted molar refractivity (Wildman–Crippen MR) is 92.7 cm³/mol. The molecule has 0 bridgehead atoms. The largest absolute Gasteiger partial charge is 0.497 e. The Morgan fingerprint density at radius 3 is 2.88 bits per heavy atom. The van der Waals surface area contributed by atoms with Crippen LogP contribution in [0, 0.1) is 0 Å². The number of rotatable bonds is 3. The Bertz CT molecular complexity index is 1120. The number of aryl methyl sites for hydroxylation is 1. The zero-order valence-corrected chi connectivity index (χ0v) is 13.8. The number of aromatic amines is 2. The molecule has 122 valence electrons. The fraction of sp³-hybridized carbons (Fsp3) is 0.188. The Hall–Kier alpha value is -2.80. The van der Waals surface area contributed by atoms with Gasteiger partial charge in [-0.05, 0) is 19.1 Å². The van der Waals surface area contributed by atoms with Gasteiger partial charge in [0.2, 0.25) is 0 Å². The third kappa shape index (κ3) is 2.16. The lowest BCUT2D eigenvalue weighted by molar-refractivity contribution is 0.415. The van der Waals surface area contributed by atoms with Gasteiger partial charge in [0.15, 0.2) is 0 Å². The average Bonchev–Trinajstić information content (AvgIpc) is 3.17. The van der Waals surface area contributed by atoms with Crippen LogP contribution in [0.2, 0.25) is 5.02 Å². The maximum Gasteiger partial charge on any atom is 0.261 e. The van der Waals surface area contributed by atoms with Gasteiger partial charge < -0.3 is 14.7 Å². The molecule has 8 heteroatoms. The van der Waals surface area contributed by atoms with Gasteiger partial charge in [0, 0.05) is 18.8 Å². The van der Waals surface area contributed by atoms with Crippen molar-refractivity contribution in [3.8, 4) is 17.1 Å². The van der Waals surface area contributed by atoms with E-state index in [0.717, 1.165) is 11.0 Å². The highest BCUT2D eigenvalue weighted by Gasteiger charge is 2.18. The molecule has 0 saturated heterocycles. The number of hydrogen-bond acceptors (Lipinski definition) is 4. The van der Waals surface area contributed by atoms with Crippen LogP contribution in [0.5, 0.6) is 5.75 Å². The summed E-state index contributed by atoms with van der Waals surface area (Å²) in [4.78, 5) is 22.9. The lowest BCUT2D eigenvalue weighted by atomic mass is 10.2. The first-order chi connectivity index (χ1) is 11.6. The molecule has 4 aromatic rings. The lowest BCUT2D eigenvalue weighted by Gasteiger charge is -2.00. The summed E-state index contributed by atoms with van der Waals surface area (Å²) in [5.74, 6) is 1.10. The number of nitrogens with one attached hydrogen (secondary N) is 2. The van der Waals surface area contributed by atoms with Crippen LogP contribution in [0.15, 0.2) is 29.2 Å². The molecule has 0 amide bonds. The quantitative estimate of drug-likeness (QED) is 0.598. The number of benzene rings is 1. The van der Waals surface area contributed by atoms with Crippen LogP contribution in [-0.4, -0.2) is 31.8 Å². The molecule has 7 nitrogen and oxygen atoms in total. The summed E-state index contributed by atoms with van der Waals surface area (Å²) >= 11 is 6.46. The fourth-order valence-electron chi connectivity index (χ4n) is 2.69. The van der Waals surface area contributed by atoms with Crippen LogP contribution < -0.4 is 10.3 Å². The highest BCUT2D eigenvalue weighted by Crippen LogP contribution is 2.30. The number of hydrogen-bond donors (Lipinski definition) is 2. The second-order valence-electron chi connectivity index (χ2n) is 5.36. The van der Waals surface area contributed by atoms with Gasteiger partial charge in [-0.2, -0.15) is 5.10 Å². The minimum absolute atomic E-state index is 0.278. The third-order valence-electron chi connectivity index (χ3n) is 3.91. The Morgan fingerprint density at radius 1 is 1.29 bits per heavy atom. The van der Waals surface area contributed by atoms with E-state index in [1.165, 1.54) is 0 Å². The van der Waals surface area contributed by atoms with E-state index in [0.29, 0.717) is 29.2 Å². The van der Waals surface area contributed by atoms with Crippen molar-refractivity contribution in [1.29, 1.82) is 0 Å². The summed E-state index contributed by atoms with van der Waals surface area (Å²) in [6, 6.07) is 5.45. The number of methoxy groups -OCH3 is 1. The smallest absolute Gasteiger partial charge is 0.261 e. The number of halogens is 1. The molecule has 3 heterocycles. The first-order valence-corrected chi connectivity index (χ1v) is 7.81. The Balaban J connectivity index is 1.96. The first-order valence-electron chi connectivity index (χ1n) is 7.43. The van der Waals surface area contributed by atoms with Crippen LogP contribution in [0.4, 0.5) is 0 Å².